The van der Waals surface area contributed by atoms with Gasteiger partial charge in [-0.2, -0.15) is 11.8 Å². The maximum atomic E-state index is 8.92. The van der Waals surface area contributed by atoms with Crippen LogP contribution in [0.15, 0.2) is 24.3 Å². The summed E-state index contributed by atoms with van der Waals surface area (Å²) in [7, 11) is 0. The van der Waals surface area contributed by atoms with Crippen LogP contribution in [0.3, 0.4) is 0 Å². The largest absolute Gasteiger partial charge is 0.489 e. The lowest BCUT2D eigenvalue weighted by Crippen LogP contribution is -2.18. The van der Waals surface area contributed by atoms with Crippen molar-refractivity contribution in [2.45, 2.75) is 24.7 Å². The maximum absolute atomic E-state index is 8.92. The summed E-state index contributed by atoms with van der Waals surface area (Å²) < 4.78 is 5.80. The van der Waals surface area contributed by atoms with E-state index in [1.807, 2.05) is 25.1 Å². The lowest BCUT2D eigenvalue weighted by Gasteiger charge is -2.12. The van der Waals surface area contributed by atoms with Crippen molar-refractivity contribution < 1.29 is 9.84 Å². The molecule has 0 spiro atoms. The normalized spacial score (nSPS) is 20.8. The van der Waals surface area contributed by atoms with Crippen molar-refractivity contribution >= 4 is 11.8 Å². The van der Waals surface area contributed by atoms with Gasteiger partial charge in [0.2, 0.25) is 0 Å². The van der Waals surface area contributed by atoms with Crippen molar-refractivity contribution in [1.29, 1.82) is 0 Å². The van der Waals surface area contributed by atoms with Crippen LogP contribution in [0.4, 0.5) is 0 Å². The first-order chi connectivity index (χ1) is 7.29. The van der Waals surface area contributed by atoms with Crippen molar-refractivity contribution in [2.75, 3.05) is 12.4 Å². The van der Waals surface area contributed by atoms with E-state index in [0.29, 0.717) is 5.25 Å². The van der Waals surface area contributed by atoms with Gasteiger partial charge in [0.05, 0.1) is 6.61 Å². The lowest BCUT2D eigenvalue weighted by molar-refractivity contribution is 0.258. The Hall–Kier alpha value is -0.670. The number of para-hydroxylation sites is 1. The molecule has 2 atom stereocenters. The summed E-state index contributed by atoms with van der Waals surface area (Å²) in [4.78, 5) is 0. The molecule has 0 aromatic heterocycles. The van der Waals surface area contributed by atoms with Gasteiger partial charge in [0.15, 0.2) is 0 Å². The van der Waals surface area contributed by atoms with E-state index >= 15 is 0 Å². The van der Waals surface area contributed by atoms with Gasteiger partial charge >= 0.3 is 0 Å². The summed E-state index contributed by atoms with van der Waals surface area (Å²) in [5, 5.41) is 9.22. The highest BCUT2D eigenvalue weighted by molar-refractivity contribution is 7.99. The van der Waals surface area contributed by atoms with Crippen LogP contribution in [0, 0.1) is 0 Å². The second-order valence-electron chi connectivity index (χ2n) is 3.88. The molecule has 3 heteroatoms. The van der Waals surface area contributed by atoms with E-state index in [4.69, 9.17) is 9.84 Å². The first-order valence-electron chi connectivity index (χ1n) is 5.26. The highest BCUT2D eigenvalue weighted by Gasteiger charge is 2.22. The Balaban J connectivity index is 1.85. The molecular formula is C12H16O2S. The molecule has 1 aromatic rings. The number of aliphatic hydroxyl groups is 1. The Labute approximate surface area is 94.6 Å². The van der Waals surface area contributed by atoms with Gasteiger partial charge in [-0.3, -0.25) is 0 Å². The van der Waals surface area contributed by atoms with Gasteiger partial charge in [0, 0.05) is 17.4 Å². The molecule has 0 saturated carbocycles. The molecule has 2 nitrogen and oxygen atoms in total. The van der Waals surface area contributed by atoms with Crippen molar-refractivity contribution in [3.8, 4) is 5.75 Å². The minimum absolute atomic E-state index is 0.240. The molecule has 0 radical (unpaired) electrons. The van der Waals surface area contributed by atoms with Gasteiger partial charge in [0.25, 0.3) is 0 Å². The maximum Gasteiger partial charge on any atom is 0.123 e. The topological polar surface area (TPSA) is 29.5 Å². The molecule has 2 unspecified atom stereocenters. The van der Waals surface area contributed by atoms with Gasteiger partial charge in [0.1, 0.15) is 11.9 Å². The Kier molecular flexibility index (Phi) is 3.54. The lowest BCUT2D eigenvalue weighted by atomic mass is 10.1. The molecule has 0 saturated heterocycles. The number of aliphatic hydroxyl groups excluding tert-OH is 1. The van der Waals surface area contributed by atoms with Gasteiger partial charge in [-0.15, -0.1) is 0 Å². The standard InChI is InChI=1S/C12H16O2S/c1-9(7-13)15-8-11-6-10-4-2-3-5-12(10)14-11/h2-5,9,11,13H,6-8H2,1H3. The second-order valence-corrected chi connectivity index (χ2v) is 5.35. The molecule has 15 heavy (non-hydrogen) atoms. The monoisotopic (exact) mass is 224 g/mol. The number of thioether (sulfide) groups is 1. The van der Waals surface area contributed by atoms with Crippen LogP contribution in [-0.4, -0.2) is 28.8 Å². The summed E-state index contributed by atoms with van der Waals surface area (Å²) in [6.45, 7) is 2.27. The Morgan fingerprint density at radius 2 is 2.33 bits per heavy atom. The predicted octanol–water partition coefficient (Wildman–Crippen LogP) is 2.10. The second kappa shape index (κ2) is 4.90. The van der Waals surface area contributed by atoms with Gasteiger partial charge in [-0.1, -0.05) is 25.1 Å². The third kappa shape index (κ3) is 2.67. The fourth-order valence-corrected chi connectivity index (χ4v) is 2.51. The quantitative estimate of drug-likeness (QED) is 0.849. The Morgan fingerprint density at radius 3 is 3.07 bits per heavy atom. The molecule has 0 aliphatic carbocycles. The molecule has 1 aliphatic rings. The summed E-state index contributed by atoms with van der Waals surface area (Å²) in [5.74, 6) is 1.98. The third-order valence-electron chi connectivity index (χ3n) is 2.54. The van der Waals surface area contributed by atoms with Gasteiger partial charge < -0.3 is 9.84 Å². The summed E-state index contributed by atoms with van der Waals surface area (Å²) in [6.07, 6.45) is 1.28. The highest BCUT2D eigenvalue weighted by atomic mass is 32.2. The van der Waals surface area contributed by atoms with Crippen LogP contribution in [0.5, 0.6) is 5.75 Å². The smallest absolute Gasteiger partial charge is 0.123 e. The van der Waals surface area contributed by atoms with Crippen LogP contribution < -0.4 is 4.74 Å². The molecule has 0 fully saturated rings. The van der Waals surface area contributed by atoms with Crippen LogP contribution in [0.1, 0.15) is 12.5 Å². The zero-order chi connectivity index (χ0) is 10.7. The van der Waals surface area contributed by atoms with Crippen molar-refractivity contribution in [3.05, 3.63) is 29.8 Å². The predicted molar refractivity (Wildman–Crippen MR) is 63.6 cm³/mol. The van der Waals surface area contributed by atoms with E-state index in [0.717, 1.165) is 17.9 Å². The fraction of sp³-hybridized carbons (Fsp3) is 0.500. The molecule has 1 N–H and O–H groups in total. The van der Waals surface area contributed by atoms with E-state index < -0.39 is 0 Å². The zero-order valence-corrected chi connectivity index (χ0v) is 9.67. The SMILES string of the molecule is CC(CO)SCC1Cc2ccccc2O1. The summed E-state index contributed by atoms with van der Waals surface area (Å²) in [6, 6.07) is 8.20. The number of fused-ring (bicyclic) bond motifs is 1. The Bertz CT molecular complexity index is 302. The molecule has 1 aromatic carbocycles. The van der Waals surface area contributed by atoms with Crippen molar-refractivity contribution in [1.82, 2.24) is 0 Å². The Morgan fingerprint density at radius 1 is 1.53 bits per heavy atom. The number of rotatable bonds is 4. The summed E-state index contributed by atoms with van der Waals surface area (Å²) in [5.41, 5.74) is 1.31. The van der Waals surface area contributed by atoms with Crippen LogP contribution in [0.25, 0.3) is 0 Å². The van der Waals surface area contributed by atoms with E-state index in [-0.39, 0.29) is 12.7 Å². The zero-order valence-electron chi connectivity index (χ0n) is 8.85. The molecule has 0 amide bonds. The van der Waals surface area contributed by atoms with E-state index in [9.17, 15) is 0 Å². The third-order valence-corrected chi connectivity index (χ3v) is 3.82. The molecule has 82 valence electrons. The number of benzene rings is 1. The van der Waals surface area contributed by atoms with E-state index in [1.165, 1.54) is 5.56 Å². The van der Waals surface area contributed by atoms with Crippen LogP contribution >= 0.6 is 11.8 Å². The highest BCUT2D eigenvalue weighted by Crippen LogP contribution is 2.30. The number of hydrogen-bond donors (Lipinski definition) is 1. The molecule has 1 aliphatic heterocycles. The summed E-state index contributed by atoms with van der Waals surface area (Å²) >= 11 is 1.77. The van der Waals surface area contributed by atoms with Gasteiger partial charge in [-0.25, -0.2) is 0 Å². The molecular weight excluding hydrogens is 208 g/mol. The first-order valence-corrected chi connectivity index (χ1v) is 6.31. The average molecular weight is 224 g/mol. The van der Waals surface area contributed by atoms with E-state index in [1.54, 1.807) is 11.8 Å². The minimum atomic E-state index is 0.240. The first kappa shape index (κ1) is 10.8. The van der Waals surface area contributed by atoms with Gasteiger partial charge in [-0.05, 0) is 11.6 Å². The average Bonchev–Trinajstić information content (AvgIpc) is 2.68. The van der Waals surface area contributed by atoms with Crippen molar-refractivity contribution in [3.63, 3.8) is 0 Å². The minimum Gasteiger partial charge on any atom is -0.489 e. The van der Waals surface area contributed by atoms with Crippen LogP contribution in [0.2, 0.25) is 0 Å². The fourth-order valence-electron chi connectivity index (χ4n) is 1.67. The molecule has 0 bridgehead atoms. The van der Waals surface area contributed by atoms with Crippen molar-refractivity contribution in [2.24, 2.45) is 0 Å². The van der Waals surface area contributed by atoms with E-state index in [2.05, 4.69) is 6.07 Å². The van der Waals surface area contributed by atoms with Crippen LogP contribution in [-0.2, 0) is 6.42 Å². The number of ether oxygens (including phenoxy) is 1. The number of hydrogen-bond acceptors (Lipinski definition) is 3. The molecule has 2 rings (SSSR count). The molecule has 1 heterocycles.